The lowest BCUT2D eigenvalue weighted by atomic mass is 9.99. The third-order valence-electron chi connectivity index (χ3n) is 8.18. The summed E-state index contributed by atoms with van der Waals surface area (Å²) < 4.78 is 16.6. The maximum absolute atomic E-state index is 15.2. The number of carboxylic acid groups (broad SMARTS) is 1. The SMILES string of the molecule is Nc1nc(-c2cccc(-n3ccc4cc(C5CC5)cc(F)c4c3=O)c2CO)c2cc(C3=CCN(C(=O)O)CC3)[nH]c2n1. The van der Waals surface area contributed by atoms with E-state index in [9.17, 15) is 19.8 Å². The van der Waals surface area contributed by atoms with Gasteiger partial charge >= 0.3 is 6.09 Å². The van der Waals surface area contributed by atoms with Gasteiger partial charge in [-0.1, -0.05) is 24.3 Å². The molecule has 2 aliphatic rings. The number of aliphatic hydroxyl groups excluding tert-OH is 1. The topological polar surface area (TPSA) is 150 Å². The highest BCUT2D eigenvalue weighted by molar-refractivity contribution is 5.95. The van der Waals surface area contributed by atoms with Gasteiger partial charge in [0.2, 0.25) is 5.95 Å². The second-order valence-corrected chi connectivity index (χ2v) is 10.8. The highest BCUT2D eigenvalue weighted by Crippen LogP contribution is 2.41. The molecule has 3 aromatic heterocycles. The molecule has 0 saturated heterocycles. The fourth-order valence-corrected chi connectivity index (χ4v) is 5.87. The molecule has 1 saturated carbocycles. The van der Waals surface area contributed by atoms with E-state index in [0.29, 0.717) is 57.8 Å². The number of nitrogens with zero attached hydrogens (tertiary/aromatic N) is 4. The second-order valence-electron chi connectivity index (χ2n) is 10.8. The number of H-pyrrole nitrogens is 1. The highest BCUT2D eigenvalue weighted by Gasteiger charge is 2.26. The number of aromatic amines is 1. The Bertz CT molecular complexity index is 2010. The van der Waals surface area contributed by atoms with Crippen molar-refractivity contribution < 1.29 is 19.4 Å². The molecular weight excluding hydrogens is 539 g/mol. The van der Waals surface area contributed by atoms with E-state index in [0.717, 1.165) is 29.7 Å². The number of hydrogen-bond donors (Lipinski definition) is 4. The van der Waals surface area contributed by atoms with E-state index in [1.807, 2.05) is 18.2 Å². The predicted octanol–water partition coefficient (Wildman–Crippen LogP) is 4.79. The van der Waals surface area contributed by atoms with Crippen LogP contribution in [0, 0.1) is 5.82 Å². The fraction of sp³-hybridized carbons (Fsp3) is 0.226. The van der Waals surface area contributed by atoms with Crippen molar-refractivity contribution in [3.05, 3.63) is 87.7 Å². The molecule has 0 atom stereocenters. The van der Waals surface area contributed by atoms with Crippen LogP contribution in [0.1, 0.15) is 42.0 Å². The number of aromatic nitrogens is 4. The average Bonchev–Trinajstić information content (AvgIpc) is 3.75. The summed E-state index contributed by atoms with van der Waals surface area (Å²) in [6, 6.07) is 12.2. The van der Waals surface area contributed by atoms with Crippen molar-refractivity contribution in [1.82, 2.24) is 24.4 Å². The largest absolute Gasteiger partial charge is 0.465 e. The number of aliphatic hydroxyl groups is 1. The Hall–Kier alpha value is -5.03. The normalized spacial score (nSPS) is 15.4. The molecule has 1 aliphatic carbocycles. The van der Waals surface area contributed by atoms with Gasteiger partial charge in [0.25, 0.3) is 5.56 Å². The number of anilines is 1. The summed E-state index contributed by atoms with van der Waals surface area (Å²) >= 11 is 0. The van der Waals surface area contributed by atoms with Gasteiger partial charge < -0.3 is 25.8 Å². The number of benzene rings is 2. The Balaban J connectivity index is 1.35. The Labute approximate surface area is 238 Å². The first kappa shape index (κ1) is 25.9. The van der Waals surface area contributed by atoms with Crippen LogP contribution in [0.5, 0.6) is 0 Å². The molecule has 1 amide bonds. The Morgan fingerprint density at radius 1 is 1.17 bits per heavy atom. The zero-order valence-corrected chi connectivity index (χ0v) is 22.5. The molecule has 2 aromatic carbocycles. The van der Waals surface area contributed by atoms with Gasteiger partial charge in [-0.15, -0.1) is 0 Å². The number of nitrogens with one attached hydrogen (secondary N) is 1. The maximum atomic E-state index is 15.2. The lowest BCUT2D eigenvalue weighted by Crippen LogP contribution is -2.33. The zero-order chi connectivity index (χ0) is 29.1. The number of rotatable bonds is 5. The van der Waals surface area contributed by atoms with Crippen molar-refractivity contribution in [1.29, 1.82) is 0 Å². The van der Waals surface area contributed by atoms with Gasteiger partial charge in [0.1, 0.15) is 11.5 Å². The van der Waals surface area contributed by atoms with Crippen molar-refractivity contribution in [2.45, 2.75) is 31.8 Å². The minimum Gasteiger partial charge on any atom is -0.465 e. The number of fused-ring (bicyclic) bond motifs is 2. The first-order chi connectivity index (χ1) is 20.3. The standard InChI is InChI=1S/C31H27FN6O4/c32-23-13-19(16-4-5-16)12-18-8-11-38(29(40)26(18)23)25-3-1-2-20(22(25)15-39)27-21-14-24(34-28(21)36-30(33)35-27)17-6-9-37(10-7-17)31(41)42/h1-3,6,8,11-14,16,39H,4-5,7,9-10,15H2,(H,41,42)(H3,33,34,35,36). The quantitative estimate of drug-likeness (QED) is 0.239. The van der Waals surface area contributed by atoms with Crippen LogP contribution in [0.15, 0.2) is 59.5 Å². The van der Waals surface area contributed by atoms with Crippen molar-refractivity contribution in [3.8, 4) is 16.9 Å². The molecule has 212 valence electrons. The molecule has 1 aliphatic heterocycles. The molecule has 5 aromatic rings. The lowest BCUT2D eigenvalue weighted by Gasteiger charge is -2.23. The molecule has 4 heterocycles. The Morgan fingerprint density at radius 3 is 2.71 bits per heavy atom. The van der Waals surface area contributed by atoms with Gasteiger partial charge in [-0.05, 0) is 66.0 Å². The molecule has 10 nitrogen and oxygen atoms in total. The van der Waals surface area contributed by atoms with Crippen LogP contribution in [0.2, 0.25) is 0 Å². The highest BCUT2D eigenvalue weighted by atomic mass is 19.1. The van der Waals surface area contributed by atoms with Gasteiger partial charge in [0, 0.05) is 41.5 Å². The summed E-state index contributed by atoms with van der Waals surface area (Å²) in [5.41, 5.74) is 10.5. The third-order valence-corrected chi connectivity index (χ3v) is 8.18. The van der Waals surface area contributed by atoms with E-state index >= 15 is 4.39 Å². The summed E-state index contributed by atoms with van der Waals surface area (Å²) in [5.74, 6) is -0.181. The van der Waals surface area contributed by atoms with Gasteiger partial charge in [0.05, 0.1) is 23.4 Å². The van der Waals surface area contributed by atoms with E-state index < -0.39 is 24.1 Å². The van der Waals surface area contributed by atoms with Crippen LogP contribution in [0.25, 0.3) is 44.3 Å². The van der Waals surface area contributed by atoms with E-state index in [1.54, 1.807) is 30.5 Å². The number of pyridine rings is 1. The van der Waals surface area contributed by atoms with Crippen LogP contribution >= 0.6 is 0 Å². The van der Waals surface area contributed by atoms with Gasteiger partial charge in [-0.3, -0.25) is 9.36 Å². The van der Waals surface area contributed by atoms with Crippen molar-refractivity contribution in [2.75, 3.05) is 18.8 Å². The fourth-order valence-electron chi connectivity index (χ4n) is 5.87. The average molecular weight is 567 g/mol. The van der Waals surface area contributed by atoms with Gasteiger partial charge in [-0.2, -0.15) is 4.98 Å². The Morgan fingerprint density at radius 2 is 2.00 bits per heavy atom. The first-order valence-electron chi connectivity index (χ1n) is 13.7. The molecule has 42 heavy (non-hydrogen) atoms. The maximum Gasteiger partial charge on any atom is 0.407 e. The number of amides is 1. The van der Waals surface area contributed by atoms with Crippen LogP contribution < -0.4 is 11.3 Å². The van der Waals surface area contributed by atoms with Gasteiger partial charge in [0.15, 0.2) is 0 Å². The number of nitrogens with two attached hydrogens (primary N) is 1. The number of nitrogen functional groups attached to an aromatic ring is 1. The molecule has 5 N–H and O–H groups in total. The molecule has 0 bridgehead atoms. The van der Waals surface area contributed by atoms with Crippen LogP contribution in [-0.4, -0.2) is 53.8 Å². The number of halogens is 1. The smallest absolute Gasteiger partial charge is 0.407 e. The number of hydrogen-bond acceptors (Lipinski definition) is 6. The summed E-state index contributed by atoms with van der Waals surface area (Å²) in [6.07, 6.45) is 5.08. The lowest BCUT2D eigenvalue weighted by molar-refractivity contribution is 0.150. The molecule has 11 heteroatoms. The monoisotopic (exact) mass is 566 g/mol. The van der Waals surface area contributed by atoms with E-state index in [-0.39, 0.29) is 17.9 Å². The van der Waals surface area contributed by atoms with Crippen molar-refractivity contribution in [2.24, 2.45) is 0 Å². The second kappa shape index (κ2) is 9.81. The van der Waals surface area contributed by atoms with Crippen molar-refractivity contribution in [3.63, 3.8) is 0 Å². The molecule has 0 radical (unpaired) electrons. The van der Waals surface area contributed by atoms with E-state index in [4.69, 9.17) is 5.73 Å². The molecule has 0 unspecified atom stereocenters. The molecule has 7 rings (SSSR count). The first-order valence-corrected chi connectivity index (χ1v) is 13.7. The van der Waals surface area contributed by atoms with E-state index in [1.165, 1.54) is 15.5 Å². The summed E-state index contributed by atoms with van der Waals surface area (Å²) in [4.78, 5) is 38.4. The summed E-state index contributed by atoms with van der Waals surface area (Å²) in [6.45, 7) is 0.231. The van der Waals surface area contributed by atoms with Crippen molar-refractivity contribution >= 4 is 39.4 Å². The zero-order valence-electron chi connectivity index (χ0n) is 22.5. The summed E-state index contributed by atoms with van der Waals surface area (Å²) in [5, 5.41) is 21.0. The van der Waals surface area contributed by atoms with Crippen LogP contribution in [-0.2, 0) is 6.61 Å². The summed E-state index contributed by atoms with van der Waals surface area (Å²) in [7, 11) is 0. The predicted molar refractivity (Wildman–Crippen MR) is 157 cm³/mol. The Kier molecular flexibility index (Phi) is 6.05. The van der Waals surface area contributed by atoms with E-state index in [2.05, 4.69) is 15.0 Å². The van der Waals surface area contributed by atoms with Crippen LogP contribution in [0.3, 0.4) is 0 Å². The minimum atomic E-state index is -0.962. The van der Waals surface area contributed by atoms with Gasteiger partial charge in [-0.25, -0.2) is 14.2 Å². The molecular formula is C31H27FN6O4. The van der Waals surface area contributed by atoms with Crippen LogP contribution in [0.4, 0.5) is 15.1 Å². The third kappa shape index (κ3) is 4.29. The molecule has 0 spiro atoms. The molecule has 1 fully saturated rings. The number of carbonyl (C=O) groups is 1. The minimum absolute atomic E-state index is 0.00219.